The van der Waals surface area contributed by atoms with Gasteiger partial charge in [0.2, 0.25) is 0 Å². The summed E-state index contributed by atoms with van der Waals surface area (Å²) in [6.45, 7) is 2.05. The number of nitrogens with zero attached hydrogens (tertiary/aromatic N) is 3. The van der Waals surface area contributed by atoms with Gasteiger partial charge in [0, 0.05) is 24.1 Å². The van der Waals surface area contributed by atoms with E-state index in [1.54, 1.807) is 37.7 Å². The fourth-order valence-electron chi connectivity index (χ4n) is 3.54. The molecule has 2 heterocycles. The van der Waals surface area contributed by atoms with Crippen molar-refractivity contribution in [1.82, 2.24) is 14.1 Å². The summed E-state index contributed by atoms with van der Waals surface area (Å²) in [5.41, 5.74) is 2.96. The van der Waals surface area contributed by atoms with Gasteiger partial charge in [0.05, 0.1) is 44.0 Å². The molecule has 0 aliphatic heterocycles. The number of nitrogens with one attached hydrogen (secondary N) is 1. The minimum atomic E-state index is -0.584. The van der Waals surface area contributed by atoms with Gasteiger partial charge in [-0.2, -0.15) is 0 Å². The van der Waals surface area contributed by atoms with Crippen molar-refractivity contribution in [3.63, 3.8) is 0 Å². The molecule has 0 saturated heterocycles. The summed E-state index contributed by atoms with van der Waals surface area (Å²) in [5, 5.41) is 3.08. The van der Waals surface area contributed by atoms with Gasteiger partial charge in [-0.05, 0) is 42.8 Å². The van der Waals surface area contributed by atoms with Gasteiger partial charge in [-0.1, -0.05) is 12.1 Å². The van der Waals surface area contributed by atoms with E-state index in [0.717, 1.165) is 11.4 Å². The predicted molar refractivity (Wildman–Crippen MR) is 126 cm³/mol. The molecule has 0 aliphatic carbocycles. The first-order chi connectivity index (χ1) is 16.4. The fraction of sp³-hybridized carbons (Fsp3) is 0.160. The van der Waals surface area contributed by atoms with E-state index in [0.29, 0.717) is 17.0 Å². The first-order valence-corrected chi connectivity index (χ1v) is 10.4. The van der Waals surface area contributed by atoms with Gasteiger partial charge in [-0.15, -0.1) is 0 Å². The predicted octanol–water partition coefficient (Wildman–Crippen LogP) is 4.07. The van der Waals surface area contributed by atoms with Crippen LogP contribution >= 0.6 is 0 Å². The van der Waals surface area contributed by atoms with Crippen LogP contribution in [0.3, 0.4) is 0 Å². The summed E-state index contributed by atoms with van der Waals surface area (Å²) in [4.78, 5) is 29.7. The number of aromatic nitrogens is 3. The van der Waals surface area contributed by atoms with Crippen LogP contribution in [0.1, 0.15) is 21.6 Å². The van der Waals surface area contributed by atoms with Crippen LogP contribution < -0.4 is 15.6 Å². The van der Waals surface area contributed by atoms with Crippen LogP contribution in [0.2, 0.25) is 0 Å². The quantitative estimate of drug-likeness (QED) is 0.417. The minimum Gasteiger partial charge on any atom is -0.494 e. The van der Waals surface area contributed by atoms with Crippen LogP contribution in [0.15, 0.2) is 72.0 Å². The second kappa shape index (κ2) is 9.62. The van der Waals surface area contributed by atoms with Crippen molar-refractivity contribution >= 4 is 17.3 Å². The molecule has 4 aromatic rings. The number of ether oxygens (including phenoxy) is 2. The Hall–Kier alpha value is -4.40. The first-order valence-electron chi connectivity index (χ1n) is 10.4. The lowest BCUT2D eigenvalue weighted by Gasteiger charge is -2.15. The number of imidazole rings is 1. The lowest BCUT2D eigenvalue weighted by Crippen LogP contribution is -2.24. The molecule has 4 rings (SSSR count). The van der Waals surface area contributed by atoms with Crippen molar-refractivity contribution in [2.75, 3.05) is 19.5 Å². The third-order valence-corrected chi connectivity index (χ3v) is 5.22. The maximum atomic E-state index is 13.3. The molecule has 1 N–H and O–H groups in total. The summed E-state index contributed by atoms with van der Waals surface area (Å²) in [5.74, 6) is -0.387. The van der Waals surface area contributed by atoms with Gasteiger partial charge in [0.25, 0.3) is 5.56 Å². The van der Waals surface area contributed by atoms with Crippen molar-refractivity contribution < 1.29 is 18.7 Å². The molecule has 2 aromatic carbocycles. The normalized spacial score (nSPS) is 10.7. The Morgan fingerprint density at radius 2 is 1.85 bits per heavy atom. The number of hydrogen-bond acceptors (Lipinski definition) is 6. The van der Waals surface area contributed by atoms with E-state index in [1.807, 2.05) is 23.8 Å². The molecule has 0 fully saturated rings. The summed E-state index contributed by atoms with van der Waals surface area (Å²) < 4.78 is 26.9. The number of rotatable bonds is 7. The van der Waals surface area contributed by atoms with E-state index < -0.39 is 5.97 Å². The Kier molecular flexibility index (Phi) is 6.44. The monoisotopic (exact) mass is 462 g/mol. The standard InChI is InChI=1S/C25H23FN4O4/c1-16-12-30(15-27-16)22-9-8-20(11-23(22)33-2)28-21-10-18(25(32)34-3)14-29(24(21)31)13-17-4-6-19(26)7-5-17/h4-12,14-15,28H,13H2,1-3H3. The number of carbonyl (C=O) groups is 1. The average Bonchev–Trinajstić information content (AvgIpc) is 3.28. The lowest BCUT2D eigenvalue weighted by atomic mass is 10.2. The lowest BCUT2D eigenvalue weighted by molar-refractivity contribution is 0.0599. The molecule has 0 aliphatic rings. The Bertz CT molecular complexity index is 1390. The van der Waals surface area contributed by atoms with Gasteiger partial charge >= 0.3 is 5.97 Å². The van der Waals surface area contributed by atoms with Crippen LogP contribution in [0, 0.1) is 12.7 Å². The Labute approximate surface area is 195 Å². The zero-order valence-electron chi connectivity index (χ0n) is 18.9. The molecular formula is C25H23FN4O4. The van der Waals surface area contributed by atoms with Crippen molar-refractivity contribution in [2.45, 2.75) is 13.5 Å². The number of methoxy groups -OCH3 is 2. The van der Waals surface area contributed by atoms with Gasteiger partial charge in [-0.3, -0.25) is 4.79 Å². The maximum absolute atomic E-state index is 13.3. The number of esters is 1. The number of carbonyl (C=O) groups excluding carboxylic acids is 1. The molecule has 2 aromatic heterocycles. The number of hydrogen-bond donors (Lipinski definition) is 1. The Balaban J connectivity index is 1.71. The second-order valence-corrected chi connectivity index (χ2v) is 7.63. The number of aryl methyl sites for hydroxylation is 1. The number of halogens is 1. The van der Waals surface area contributed by atoms with Gasteiger partial charge in [0.15, 0.2) is 0 Å². The molecule has 0 spiro atoms. The topological polar surface area (TPSA) is 87.4 Å². The van der Waals surface area contributed by atoms with E-state index >= 15 is 0 Å². The number of anilines is 2. The van der Waals surface area contributed by atoms with E-state index in [9.17, 15) is 14.0 Å². The molecule has 0 radical (unpaired) electrons. The molecule has 9 heteroatoms. The summed E-state index contributed by atoms with van der Waals surface area (Å²) in [6.07, 6.45) is 4.99. The van der Waals surface area contributed by atoms with Crippen molar-refractivity contribution in [1.29, 1.82) is 0 Å². The third kappa shape index (κ3) is 4.83. The van der Waals surface area contributed by atoms with E-state index in [4.69, 9.17) is 9.47 Å². The van der Waals surface area contributed by atoms with Crippen LogP contribution in [-0.4, -0.2) is 34.3 Å². The zero-order chi connectivity index (χ0) is 24.2. The van der Waals surface area contributed by atoms with Gasteiger partial charge in [-0.25, -0.2) is 14.2 Å². The SMILES string of the molecule is COC(=O)c1cc(Nc2ccc(-n3cnc(C)c3)c(OC)c2)c(=O)n(Cc2ccc(F)cc2)c1. The second-order valence-electron chi connectivity index (χ2n) is 7.63. The largest absolute Gasteiger partial charge is 0.494 e. The van der Waals surface area contributed by atoms with E-state index in [2.05, 4.69) is 10.3 Å². The Morgan fingerprint density at radius 1 is 1.09 bits per heavy atom. The van der Waals surface area contributed by atoms with Crippen LogP contribution in [0.5, 0.6) is 5.75 Å². The smallest absolute Gasteiger partial charge is 0.339 e. The molecule has 0 atom stereocenters. The number of benzene rings is 2. The molecule has 0 bridgehead atoms. The molecule has 0 unspecified atom stereocenters. The van der Waals surface area contributed by atoms with Crippen molar-refractivity contribution in [3.05, 3.63) is 100 Å². The van der Waals surface area contributed by atoms with Gasteiger partial charge in [0.1, 0.15) is 17.3 Å². The molecule has 174 valence electrons. The van der Waals surface area contributed by atoms with Crippen molar-refractivity contribution in [3.8, 4) is 11.4 Å². The van der Waals surface area contributed by atoms with Crippen LogP contribution in [0.25, 0.3) is 5.69 Å². The zero-order valence-corrected chi connectivity index (χ0v) is 18.9. The van der Waals surface area contributed by atoms with Gasteiger partial charge < -0.3 is 23.9 Å². The highest BCUT2D eigenvalue weighted by atomic mass is 19.1. The molecule has 34 heavy (non-hydrogen) atoms. The Morgan fingerprint density at radius 3 is 2.50 bits per heavy atom. The maximum Gasteiger partial charge on any atom is 0.339 e. The highest BCUT2D eigenvalue weighted by Gasteiger charge is 2.15. The average molecular weight is 462 g/mol. The highest BCUT2D eigenvalue weighted by molar-refractivity contribution is 5.90. The summed E-state index contributed by atoms with van der Waals surface area (Å²) in [6, 6.07) is 12.6. The molecule has 0 amide bonds. The van der Waals surface area contributed by atoms with Crippen LogP contribution in [0.4, 0.5) is 15.8 Å². The van der Waals surface area contributed by atoms with E-state index in [-0.39, 0.29) is 29.2 Å². The number of pyridine rings is 1. The highest BCUT2D eigenvalue weighted by Crippen LogP contribution is 2.28. The third-order valence-electron chi connectivity index (χ3n) is 5.22. The summed E-state index contributed by atoms with van der Waals surface area (Å²) >= 11 is 0. The molecule has 8 nitrogen and oxygen atoms in total. The molecular weight excluding hydrogens is 439 g/mol. The minimum absolute atomic E-state index is 0.154. The fourth-order valence-corrected chi connectivity index (χ4v) is 3.54. The van der Waals surface area contributed by atoms with Crippen LogP contribution in [-0.2, 0) is 11.3 Å². The first kappa shape index (κ1) is 22.8. The molecule has 0 saturated carbocycles. The van der Waals surface area contributed by atoms with E-state index in [1.165, 1.54) is 36.1 Å². The summed E-state index contributed by atoms with van der Waals surface area (Å²) in [7, 11) is 2.83. The van der Waals surface area contributed by atoms with Crippen molar-refractivity contribution in [2.24, 2.45) is 0 Å².